The van der Waals surface area contributed by atoms with Crippen molar-refractivity contribution in [2.24, 2.45) is 5.10 Å². The van der Waals surface area contributed by atoms with Crippen molar-refractivity contribution in [3.8, 4) is 0 Å². The summed E-state index contributed by atoms with van der Waals surface area (Å²) in [6.07, 6.45) is 2.16. The molecule has 0 spiro atoms. The first-order chi connectivity index (χ1) is 14.6. The maximum atomic E-state index is 13.5. The number of nitrogens with one attached hydrogen (secondary N) is 1. The van der Waals surface area contributed by atoms with Crippen LogP contribution in [0, 0.1) is 5.82 Å². The largest absolute Gasteiger partial charge is 0.340 e. The van der Waals surface area contributed by atoms with Gasteiger partial charge in [0.1, 0.15) is 17.4 Å². The molecule has 8 heteroatoms. The van der Waals surface area contributed by atoms with Crippen molar-refractivity contribution in [3.05, 3.63) is 60.2 Å². The molecule has 0 saturated carbocycles. The third-order valence-electron chi connectivity index (χ3n) is 5.57. The highest BCUT2D eigenvalue weighted by molar-refractivity contribution is 6.40. The predicted octanol–water partition coefficient (Wildman–Crippen LogP) is 3.55. The smallest absolute Gasteiger partial charge is 0.270 e. The Morgan fingerprint density at radius 3 is 2.80 bits per heavy atom. The van der Waals surface area contributed by atoms with Crippen LogP contribution in [-0.4, -0.2) is 38.9 Å². The molecule has 5 rings (SSSR count). The Hall–Kier alpha value is -3.55. The molecular weight excluding hydrogens is 385 g/mol. The second-order valence-corrected chi connectivity index (χ2v) is 7.53. The summed E-state index contributed by atoms with van der Waals surface area (Å²) in [6, 6.07) is 13.3. The first-order valence-corrected chi connectivity index (χ1v) is 10.0. The molecule has 0 aliphatic carbocycles. The number of amides is 2. The molecular formula is C22H20FN5O2. The van der Waals surface area contributed by atoms with Crippen LogP contribution >= 0.6 is 0 Å². The van der Waals surface area contributed by atoms with Crippen LogP contribution < -0.4 is 5.01 Å². The topological polar surface area (TPSA) is 81.7 Å². The molecule has 7 nitrogen and oxygen atoms in total. The second-order valence-electron chi connectivity index (χ2n) is 7.53. The summed E-state index contributed by atoms with van der Waals surface area (Å²) in [5.41, 5.74) is 2.29. The zero-order valence-electron chi connectivity index (χ0n) is 16.2. The normalized spacial score (nSPS) is 19.4. The van der Waals surface area contributed by atoms with Crippen molar-refractivity contribution in [3.63, 3.8) is 0 Å². The van der Waals surface area contributed by atoms with E-state index in [1.165, 1.54) is 17.1 Å². The number of likely N-dealkylation sites (tertiary alicyclic amines) is 1. The van der Waals surface area contributed by atoms with E-state index in [9.17, 15) is 14.0 Å². The first-order valence-electron chi connectivity index (χ1n) is 10.0. The molecule has 3 heterocycles. The number of benzene rings is 2. The zero-order valence-corrected chi connectivity index (χ0v) is 16.2. The Bertz CT molecular complexity index is 1160. The van der Waals surface area contributed by atoms with Gasteiger partial charge in [0, 0.05) is 19.4 Å². The molecule has 152 valence electrons. The highest BCUT2D eigenvalue weighted by atomic mass is 19.1. The van der Waals surface area contributed by atoms with Crippen LogP contribution in [0.3, 0.4) is 0 Å². The Morgan fingerprint density at radius 1 is 1.13 bits per heavy atom. The number of rotatable bonds is 3. The molecule has 2 aliphatic rings. The molecule has 0 bridgehead atoms. The van der Waals surface area contributed by atoms with Gasteiger partial charge in [0.15, 0.2) is 0 Å². The van der Waals surface area contributed by atoms with Crippen molar-refractivity contribution in [2.75, 3.05) is 11.6 Å². The van der Waals surface area contributed by atoms with Crippen molar-refractivity contribution < 1.29 is 14.0 Å². The van der Waals surface area contributed by atoms with Gasteiger partial charge in [0.05, 0.1) is 22.8 Å². The van der Waals surface area contributed by atoms with Gasteiger partial charge < -0.3 is 9.88 Å². The van der Waals surface area contributed by atoms with Crippen molar-refractivity contribution >= 4 is 34.2 Å². The number of fused-ring (bicyclic) bond motifs is 1. The zero-order chi connectivity index (χ0) is 20.7. The third-order valence-corrected chi connectivity index (χ3v) is 5.57. The van der Waals surface area contributed by atoms with Crippen molar-refractivity contribution in [1.82, 2.24) is 14.9 Å². The van der Waals surface area contributed by atoms with Gasteiger partial charge in [-0.1, -0.05) is 18.2 Å². The molecule has 1 N–H and O–H groups in total. The molecule has 3 aromatic rings. The molecule has 30 heavy (non-hydrogen) atoms. The number of imidazole rings is 1. The maximum Gasteiger partial charge on any atom is 0.270 e. The lowest BCUT2D eigenvalue weighted by atomic mass is 10.1. The summed E-state index contributed by atoms with van der Waals surface area (Å²) in [4.78, 5) is 35.1. The number of nitrogens with zero attached hydrogens (tertiary/aromatic N) is 4. The number of para-hydroxylation sites is 1. The van der Waals surface area contributed by atoms with Gasteiger partial charge in [-0.2, -0.15) is 5.10 Å². The number of anilines is 1. The molecule has 0 radical (unpaired) electrons. The summed E-state index contributed by atoms with van der Waals surface area (Å²) in [5, 5.41) is 5.70. The van der Waals surface area contributed by atoms with Gasteiger partial charge >= 0.3 is 0 Å². The first kappa shape index (κ1) is 18.5. The fourth-order valence-electron chi connectivity index (χ4n) is 4.10. The Balaban J connectivity index is 1.43. The van der Waals surface area contributed by atoms with Crippen molar-refractivity contribution in [1.29, 1.82) is 0 Å². The number of aromatic amines is 1. The highest BCUT2D eigenvalue weighted by Gasteiger charge is 2.36. The van der Waals surface area contributed by atoms with E-state index in [0.717, 1.165) is 12.8 Å². The SMILES string of the molecule is O=C1CCC(C(=O)N2CCCC2c2nc3ccc(F)cc3[nH]2)=NN1c1ccccc1. The van der Waals surface area contributed by atoms with Gasteiger partial charge in [-0.3, -0.25) is 9.59 Å². The van der Waals surface area contributed by atoms with E-state index in [2.05, 4.69) is 15.1 Å². The average Bonchev–Trinajstić information content (AvgIpc) is 3.40. The number of H-pyrrole nitrogens is 1. The fourth-order valence-corrected chi connectivity index (χ4v) is 4.10. The van der Waals surface area contributed by atoms with E-state index < -0.39 is 0 Å². The lowest BCUT2D eigenvalue weighted by Gasteiger charge is -2.27. The molecule has 2 aromatic carbocycles. The predicted molar refractivity (Wildman–Crippen MR) is 110 cm³/mol. The number of hydrogen-bond acceptors (Lipinski definition) is 4. The maximum absolute atomic E-state index is 13.5. The standard InChI is InChI=1S/C22H20FN5O2/c23-14-8-9-16-18(13-14)25-21(24-16)19-7-4-12-27(19)22(30)17-10-11-20(29)28(26-17)15-5-2-1-3-6-15/h1-3,5-6,8-9,13,19H,4,7,10-12H2,(H,24,25). The molecule has 2 amide bonds. The lowest BCUT2D eigenvalue weighted by molar-refractivity contribution is -0.125. The van der Waals surface area contributed by atoms with Crippen LogP contribution in [0.2, 0.25) is 0 Å². The van der Waals surface area contributed by atoms with Gasteiger partial charge in [0.25, 0.3) is 5.91 Å². The van der Waals surface area contributed by atoms with Crippen LogP contribution in [0.15, 0.2) is 53.6 Å². The van der Waals surface area contributed by atoms with Gasteiger partial charge in [-0.25, -0.2) is 14.4 Å². The molecule has 1 atom stereocenters. The number of carbonyl (C=O) groups is 2. The average molecular weight is 405 g/mol. The number of hydrazone groups is 1. The minimum atomic E-state index is -0.334. The van der Waals surface area contributed by atoms with Gasteiger partial charge in [-0.15, -0.1) is 0 Å². The van der Waals surface area contributed by atoms with Crippen LogP contribution in [0.4, 0.5) is 10.1 Å². The van der Waals surface area contributed by atoms with Gasteiger partial charge in [-0.05, 0) is 43.2 Å². The fraction of sp³-hybridized carbons (Fsp3) is 0.273. The summed E-state index contributed by atoms with van der Waals surface area (Å²) in [7, 11) is 0. The number of carbonyl (C=O) groups excluding carboxylic acids is 2. The van der Waals surface area contributed by atoms with E-state index in [-0.39, 0.29) is 30.1 Å². The molecule has 1 fully saturated rings. The van der Waals surface area contributed by atoms with Crippen LogP contribution in [0.25, 0.3) is 11.0 Å². The number of hydrogen-bond donors (Lipinski definition) is 1. The van der Waals surface area contributed by atoms with Crippen molar-refractivity contribution in [2.45, 2.75) is 31.7 Å². The summed E-state index contributed by atoms with van der Waals surface area (Å²) >= 11 is 0. The molecule has 1 aromatic heterocycles. The molecule has 1 saturated heterocycles. The van der Waals surface area contributed by atoms with Crippen LogP contribution in [0.1, 0.15) is 37.5 Å². The van der Waals surface area contributed by atoms with E-state index in [4.69, 9.17) is 0 Å². The van der Waals surface area contributed by atoms with Crippen LogP contribution in [-0.2, 0) is 9.59 Å². The summed E-state index contributed by atoms with van der Waals surface area (Å²) < 4.78 is 13.5. The van der Waals surface area contributed by atoms with Crippen LogP contribution in [0.5, 0.6) is 0 Å². The van der Waals surface area contributed by atoms with E-state index in [1.54, 1.807) is 23.1 Å². The second kappa shape index (κ2) is 7.37. The minimum Gasteiger partial charge on any atom is -0.340 e. The summed E-state index contributed by atoms with van der Waals surface area (Å²) in [5.74, 6) is 0.000683. The summed E-state index contributed by atoms with van der Waals surface area (Å²) in [6.45, 7) is 0.590. The lowest BCUT2D eigenvalue weighted by Crippen LogP contribution is -2.41. The van der Waals surface area contributed by atoms with E-state index in [1.807, 2.05) is 18.2 Å². The Kier molecular flexibility index (Phi) is 4.54. The monoisotopic (exact) mass is 405 g/mol. The molecule has 2 aliphatic heterocycles. The minimum absolute atomic E-state index is 0.130. The highest BCUT2D eigenvalue weighted by Crippen LogP contribution is 2.32. The molecule has 1 unspecified atom stereocenters. The quantitative estimate of drug-likeness (QED) is 0.724. The van der Waals surface area contributed by atoms with E-state index in [0.29, 0.717) is 41.2 Å². The third kappa shape index (κ3) is 3.24. The Morgan fingerprint density at radius 2 is 1.97 bits per heavy atom. The number of aromatic nitrogens is 2. The number of halogens is 1. The Labute approximate surface area is 172 Å². The van der Waals surface area contributed by atoms with Gasteiger partial charge in [0.2, 0.25) is 5.91 Å². The van der Waals surface area contributed by atoms with E-state index >= 15 is 0 Å².